The van der Waals surface area contributed by atoms with Gasteiger partial charge >= 0.3 is 0 Å². The van der Waals surface area contributed by atoms with Crippen LogP contribution in [0.5, 0.6) is 0 Å². The summed E-state index contributed by atoms with van der Waals surface area (Å²) in [6, 6.07) is 0. The molecular formula is C7H11I. The van der Waals surface area contributed by atoms with Gasteiger partial charge in [-0.05, 0) is 9.85 Å². The molecule has 0 spiro atoms. The molecule has 0 N–H and O–H groups in total. The minimum absolute atomic E-state index is 0.775. The van der Waals surface area contributed by atoms with Gasteiger partial charge in [-0.25, -0.2) is 0 Å². The monoisotopic (exact) mass is 222 g/mol. The second kappa shape index (κ2) is 5.43. The van der Waals surface area contributed by atoms with E-state index < -0.39 is 0 Å². The van der Waals surface area contributed by atoms with Crippen molar-refractivity contribution in [3.63, 3.8) is 0 Å². The van der Waals surface area contributed by atoms with Gasteiger partial charge in [0, 0.05) is 29.0 Å². The predicted octanol–water partition coefficient (Wildman–Crippen LogP) is 2.82. The molecule has 0 heterocycles. The van der Waals surface area contributed by atoms with E-state index in [0.29, 0.717) is 0 Å². The van der Waals surface area contributed by atoms with Gasteiger partial charge in [0.15, 0.2) is 0 Å². The second-order valence-electron chi connectivity index (χ2n) is 1.99. The van der Waals surface area contributed by atoms with Crippen LogP contribution in [0.25, 0.3) is 0 Å². The highest BCUT2D eigenvalue weighted by Gasteiger charge is 1.91. The summed E-state index contributed by atoms with van der Waals surface area (Å²) in [5.74, 6) is 3.81. The minimum Gasteiger partial charge on any atom is -0.0916 e. The van der Waals surface area contributed by atoms with E-state index >= 15 is 0 Å². The Kier molecular flexibility index (Phi) is 5.62. The van der Waals surface area contributed by atoms with E-state index in [2.05, 4.69) is 46.3 Å². The number of hydrogen-bond acceptors (Lipinski definition) is 0. The van der Waals surface area contributed by atoms with Gasteiger partial charge in [0.05, 0.1) is 0 Å². The van der Waals surface area contributed by atoms with Crippen molar-refractivity contribution < 1.29 is 0 Å². The fourth-order valence-corrected chi connectivity index (χ4v) is 0.577. The van der Waals surface area contributed by atoms with Crippen molar-refractivity contribution in [3.8, 4) is 9.85 Å². The lowest BCUT2D eigenvalue weighted by Gasteiger charge is -1.98. The third-order valence-corrected chi connectivity index (χ3v) is 1.60. The fraction of sp³-hybridized carbons (Fsp3) is 0.714. The van der Waals surface area contributed by atoms with Crippen LogP contribution in [0.4, 0.5) is 0 Å². The molecule has 0 aliphatic heterocycles. The summed E-state index contributed by atoms with van der Waals surface area (Å²) in [7, 11) is 0. The third kappa shape index (κ3) is 4.45. The van der Waals surface area contributed by atoms with E-state index in [9.17, 15) is 0 Å². The first-order valence-electron chi connectivity index (χ1n) is 2.89. The molecule has 0 aromatic rings. The fourth-order valence-electron chi connectivity index (χ4n) is 0.357. The van der Waals surface area contributed by atoms with Gasteiger partial charge < -0.3 is 0 Å². The first-order valence-corrected chi connectivity index (χ1v) is 3.97. The predicted molar refractivity (Wildman–Crippen MR) is 45.9 cm³/mol. The maximum atomic E-state index is 3.04. The number of halogens is 1. The Morgan fingerprint density at radius 3 is 2.62 bits per heavy atom. The van der Waals surface area contributed by atoms with Gasteiger partial charge in [-0.1, -0.05) is 26.2 Å². The number of hydrogen-bond donors (Lipinski definition) is 0. The highest BCUT2D eigenvalue weighted by molar-refractivity contribution is 14.1. The Morgan fingerprint density at radius 1 is 1.62 bits per heavy atom. The average Bonchev–Trinajstić information content (AvgIpc) is 1.83. The molecule has 0 aromatic carbocycles. The molecule has 0 radical (unpaired) electrons. The van der Waals surface area contributed by atoms with Gasteiger partial charge in [-0.3, -0.25) is 0 Å². The van der Waals surface area contributed by atoms with Crippen LogP contribution in [0.2, 0.25) is 0 Å². The van der Waals surface area contributed by atoms with Crippen LogP contribution in [-0.2, 0) is 0 Å². The Hall–Kier alpha value is 0.290. The van der Waals surface area contributed by atoms with Crippen molar-refractivity contribution in [3.05, 3.63) is 0 Å². The van der Waals surface area contributed by atoms with Crippen molar-refractivity contribution >= 4 is 22.6 Å². The van der Waals surface area contributed by atoms with Crippen LogP contribution in [-0.4, -0.2) is 0 Å². The van der Waals surface area contributed by atoms with Crippen molar-refractivity contribution in [2.45, 2.75) is 26.7 Å². The summed E-state index contributed by atoms with van der Waals surface area (Å²) in [5, 5.41) is 0. The molecule has 0 rings (SSSR count). The molecule has 0 aliphatic carbocycles. The molecule has 0 amide bonds. The molecule has 0 nitrogen and oxygen atoms in total. The second-order valence-corrected chi connectivity index (χ2v) is 2.53. The zero-order valence-electron chi connectivity index (χ0n) is 5.37. The Balaban J connectivity index is 3.19. The summed E-state index contributed by atoms with van der Waals surface area (Å²) in [4.78, 5) is 0. The zero-order valence-corrected chi connectivity index (χ0v) is 7.53. The highest BCUT2D eigenvalue weighted by atomic mass is 127. The summed E-state index contributed by atoms with van der Waals surface area (Å²) in [6.45, 7) is 4.42. The molecular weight excluding hydrogens is 211 g/mol. The lowest BCUT2D eigenvalue weighted by molar-refractivity contribution is 0.581. The summed E-state index contributed by atoms with van der Waals surface area (Å²) < 4.78 is 2.85. The van der Waals surface area contributed by atoms with E-state index in [4.69, 9.17) is 0 Å². The topological polar surface area (TPSA) is 0 Å². The molecule has 0 saturated carbocycles. The maximum absolute atomic E-state index is 3.04. The molecule has 1 unspecified atom stereocenters. The Labute approximate surface area is 65.2 Å². The summed E-state index contributed by atoms with van der Waals surface area (Å²) in [6.07, 6.45) is 2.30. The lowest BCUT2D eigenvalue weighted by Crippen LogP contribution is -1.87. The van der Waals surface area contributed by atoms with Gasteiger partial charge in [0.25, 0.3) is 0 Å². The molecule has 1 atom stereocenters. The molecule has 0 fully saturated rings. The molecule has 8 heavy (non-hydrogen) atoms. The molecule has 46 valence electrons. The normalized spacial score (nSPS) is 11.9. The SMILES string of the molecule is CCC(C)CC#CI. The molecule has 1 heteroatoms. The van der Waals surface area contributed by atoms with Crippen molar-refractivity contribution in [2.75, 3.05) is 0 Å². The largest absolute Gasteiger partial charge is 0.0916 e. The molecule has 0 saturated heterocycles. The summed E-state index contributed by atoms with van der Waals surface area (Å²) in [5.41, 5.74) is 0. The third-order valence-electron chi connectivity index (χ3n) is 1.21. The standard InChI is InChI=1S/C7H11I/c1-3-7(2)5-4-6-8/h7H,3,5H2,1-2H3. The highest BCUT2D eigenvalue weighted by Crippen LogP contribution is 2.03. The van der Waals surface area contributed by atoms with Crippen LogP contribution in [0, 0.1) is 15.8 Å². The van der Waals surface area contributed by atoms with Crippen LogP contribution in [0.1, 0.15) is 26.7 Å². The first-order chi connectivity index (χ1) is 3.81. The van der Waals surface area contributed by atoms with Gasteiger partial charge in [-0.15, -0.1) is 0 Å². The minimum atomic E-state index is 0.775. The first kappa shape index (κ1) is 8.29. The van der Waals surface area contributed by atoms with Crippen molar-refractivity contribution in [2.24, 2.45) is 5.92 Å². The summed E-state index contributed by atoms with van der Waals surface area (Å²) >= 11 is 2.08. The quantitative estimate of drug-likeness (QED) is 0.497. The van der Waals surface area contributed by atoms with Crippen LogP contribution < -0.4 is 0 Å². The van der Waals surface area contributed by atoms with E-state index in [1.807, 2.05) is 0 Å². The molecule has 0 bridgehead atoms. The van der Waals surface area contributed by atoms with E-state index in [0.717, 1.165) is 12.3 Å². The average molecular weight is 222 g/mol. The lowest BCUT2D eigenvalue weighted by atomic mass is 10.1. The smallest absolute Gasteiger partial charge is 0.0181 e. The van der Waals surface area contributed by atoms with E-state index in [-0.39, 0.29) is 0 Å². The zero-order chi connectivity index (χ0) is 6.41. The van der Waals surface area contributed by atoms with Crippen LogP contribution in [0.15, 0.2) is 0 Å². The van der Waals surface area contributed by atoms with E-state index in [1.54, 1.807) is 0 Å². The molecule has 0 aromatic heterocycles. The Bertz CT molecular complexity index is 96.7. The van der Waals surface area contributed by atoms with Crippen LogP contribution in [0.3, 0.4) is 0 Å². The van der Waals surface area contributed by atoms with Gasteiger partial charge in [0.2, 0.25) is 0 Å². The Morgan fingerprint density at radius 2 is 2.25 bits per heavy atom. The van der Waals surface area contributed by atoms with Gasteiger partial charge in [-0.2, -0.15) is 0 Å². The van der Waals surface area contributed by atoms with Gasteiger partial charge in [0.1, 0.15) is 0 Å². The number of rotatable bonds is 2. The molecule has 0 aliphatic rings. The van der Waals surface area contributed by atoms with Crippen molar-refractivity contribution in [1.82, 2.24) is 0 Å². The van der Waals surface area contributed by atoms with Crippen molar-refractivity contribution in [1.29, 1.82) is 0 Å². The van der Waals surface area contributed by atoms with E-state index in [1.165, 1.54) is 6.42 Å². The van der Waals surface area contributed by atoms with Crippen LogP contribution >= 0.6 is 22.6 Å². The maximum Gasteiger partial charge on any atom is 0.0181 e.